The van der Waals surface area contributed by atoms with E-state index in [4.69, 9.17) is 4.52 Å². The molecule has 0 saturated heterocycles. The fourth-order valence-electron chi connectivity index (χ4n) is 4.43. The molecule has 11 nitrogen and oxygen atoms in total. The normalized spacial score (nSPS) is 12.1. The highest BCUT2D eigenvalue weighted by Crippen LogP contribution is 2.29. The molecule has 0 bridgehead atoms. The Morgan fingerprint density at radius 1 is 0.976 bits per heavy atom. The van der Waals surface area contributed by atoms with Gasteiger partial charge in [0.1, 0.15) is 23.5 Å². The third-order valence-electron chi connectivity index (χ3n) is 6.55. The highest BCUT2D eigenvalue weighted by Gasteiger charge is 2.23. The fourth-order valence-corrected chi connectivity index (χ4v) is 4.43. The van der Waals surface area contributed by atoms with Gasteiger partial charge in [-0.05, 0) is 39.6 Å². The molecule has 41 heavy (non-hydrogen) atoms. The van der Waals surface area contributed by atoms with Crippen LogP contribution in [0.2, 0.25) is 0 Å². The summed E-state index contributed by atoms with van der Waals surface area (Å²) in [6.07, 6.45) is 2.50. The molecule has 0 saturated carbocycles. The molecule has 0 radical (unpaired) electrons. The summed E-state index contributed by atoms with van der Waals surface area (Å²) in [7, 11) is 0. The SMILES string of the molecule is CC(C)[C@@H](Nc1nc(-c2cc(-c3ccon3)n(Cc3ccc(-c4ccccc4)cc3F)n2)ncc1F)c1nnn[nH]1. The van der Waals surface area contributed by atoms with E-state index >= 15 is 4.39 Å². The number of nitrogens with one attached hydrogen (secondary N) is 2. The van der Waals surface area contributed by atoms with Gasteiger partial charge in [-0.1, -0.05) is 61.5 Å². The largest absolute Gasteiger partial charge is 0.364 e. The lowest BCUT2D eigenvalue weighted by Gasteiger charge is -2.20. The summed E-state index contributed by atoms with van der Waals surface area (Å²) >= 11 is 0. The van der Waals surface area contributed by atoms with Gasteiger partial charge in [-0.2, -0.15) is 5.10 Å². The first kappa shape index (κ1) is 25.9. The average molecular weight is 555 g/mol. The Labute approximate surface area is 232 Å². The van der Waals surface area contributed by atoms with Crippen molar-refractivity contribution in [3.8, 4) is 34.0 Å². The van der Waals surface area contributed by atoms with Crippen LogP contribution in [0.15, 0.2) is 77.6 Å². The predicted molar refractivity (Wildman–Crippen MR) is 145 cm³/mol. The van der Waals surface area contributed by atoms with Crippen molar-refractivity contribution in [2.75, 3.05) is 5.32 Å². The van der Waals surface area contributed by atoms with Gasteiger partial charge in [0.2, 0.25) is 0 Å². The minimum absolute atomic E-state index is 0.00344. The van der Waals surface area contributed by atoms with Crippen LogP contribution in [0.1, 0.15) is 31.3 Å². The van der Waals surface area contributed by atoms with Crippen LogP contribution in [-0.4, -0.2) is 45.5 Å². The first-order valence-corrected chi connectivity index (χ1v) is 12.8. The summed E-state index contributed by atoms with van der Waals surface area (Å²) in [6, 6.07) is 17.6. The van der Waals surface area contributed by atoms with Crippen molar-refractivity contribution >= 4 is 5.82 Å². The molecule has 4 aromatic heterocycles. The molecule has 2 aromatic carbocycles. The number of halogens is 2. The van der Waals surface area contributed by atoms with E-state index in [2.05, 4.69) is 46.2 Å². The van der Waals surface area contributed by atoms with Gasteiger partial charge >= 0.3 is 0 Å². The third-order valence-corrected chi connectivity index (χ3v) is 6.55. The summed E-state index contributed by atoms with van der Waals surface area (Å²) in [5.41, 5.74) is 3.49. The molecule has 0 aliphatic heterocycles. The molecule has 6 aromatic rings. The number of aromatic amines is 1. The van der Waals surface area contributed by atoms with Crippen LogP contribution in [0.4, 0.5) is 14.6 Å². The quantitative estimate of drug-likeness (QED) is 0.244. The lowest BCUT2D eigenvalue weighted by atomic mass is 10.0. The standard InChI is InChI=1S/C28H24F2N10O/c1-16(2)25(28-34-38-39-35-28)32-26-21(30)14-31-27(33-26)23-13-24(22-10-11-41-37-22)40(36-23)15-19-9-8-18(12-20(19)29)17-6-4-3-5-7-17/h3-14,16,25H,15H2,1-2H3,(H,31,32,33)(H,34,35,38,39)/t25-/m1/s1. The summed E-state index contributed by atoms with van der Waals surface area (Å²) in [5.74, 6) is -0.453. The van der Waals surface area contributed by atoms with Crippen molar-refractivity contribution in [2.45, 2.75) is 26.4 Å². The third kappa shape index (κ3) is 5.41. The number of hydrogen-bond acceptors (Lipinski definition) is 9. The topological polar surface area (TPSA) is 136 Å². The zero-order valence-electron chi connectivity index (χ0n) is 22.0. The van der Waals surface area contributed by atoms with E-state index in [-0.39, 0.29) is 29.9 Å². The number of rotatable bonds is 9. The number of nitrogens with zero attached hydrogens (tertiary/aromatic N) is 8. The van der Waals surface area contributed by atoms with E-state index in [9.17, 15) is 4.39 Å². The van der Waals surface area contributed by atoms with E-state index in [0.717, 1.165) is 17.3 Å². The second-order valence-corrected chi connectivity index (χ2v) is 9.67. The van der Waals surface area contributed by atoms with Crippen LogP contribution in [0.5, 0.6) is 0 Å². The van der Waals surface area contributed by atoms with Gasteiger partial charge in [0.05, 0.1) is 24.5 Å². The number of H-pyrrole nitrogens is 1. The zero-order chi connectivity index (χ0) is 28.3. The van der Waals surface area contributed by atoms with Gasteiger partial charge < -0.3 is 9.84 Å². The molecule has 0 unspecified atom stereocenters. The second-order valence-electron chi connectivity index (χ2n) is 9.67. The highest BCUT2D eigenvalue weighted by molar-refractivity contribution is 5.65. The zero-order valence-corrected chi connectivity index (χ0v) is 22.0. The lowest BCUT2D eigenvalue weighted by molar-refractivity contribution is 0.421. The van der Waals surface area contributed by atoms with Gasteiger partial charge in [-0.3, -0.25) is 4.68 Å². The Morgan fingerprint density at radius 2 is 1.83 bits per heavy atom. The molecule has 0 aliphatic carbocycles. The number of hydrogen-bond donors (Lipinski definition) is 2. The molecule has 0 fully saturated rings. The van der Waals surface area contributed by atoms with Crippen LogP contribution in [-0.2, 0) is 6.54 Å². The minimum Gasteiger partial charge on any atom is -0.364 e. The van der Waals surface area contributed by atoms with Gasteiger partial charge in [0.25, 0.3) is 0 Å². The van der Waals surface area contributed by atoms with Crippen LogP contribution >= 0.6 is 0 Å². The molecular weight excluding hydrogens is 530 g/mol. The maximum absolute atomic E-state index is 15.3. The average Bonchev–Trinajstić information content (AvgIpc) is 3.76. The predicted octanol–water partition coefficient (Wildman–Crippen LogP) is 5.31. The summed E-state index contributed by atoms with van der Waals surface area (Å²) < 4.78 is 36.7. The smallest absolute Gasteiger partial charge is 0.183 e. The van der Waals surface area contributed by atoms with Crippen molar-refractivity contribution in [1.29, 1.82) is 0 Å². The molecule has 206 valence electrons. The Bertz CT molecular complexity index is 1750. The molecule has 1 atom stereocenters. The van der Waals surface area contributed by atoms with Crippen molar-refractivity contribution in [3.05, 3.63) is 96.1 Å². The van der Waals surface area contributed by atoms with Crippen molar-refractivity contribution in [3.63, 3.8) is 0 Å². The number of aromatic nitrogens is 9. The van der Waals surface area contributed by atoms with Gasteiger partial charge in [-0.25, -0.2) is 23.8 Å². The molecule has 0 aliphatic rings. The Hall–Kier alpha value is -5.33. The fraction of sp³-hybridized carbons (Fsp3) is 0.179. The highest BCUT2D eigenvalue weighted by atomic mass is 19.1. The van der Waals surface area contributed by atoms with E-state index < -0.39 is 11.9 Å². The van der Waals surface area contributed by atoms with Crippen LogP contribution < -0.4 is 5.32 Å². The Balaban J connectivity index is 1.34. The van der Waals surface area contributed by atoms with Crippen LogP contribution in [0, 0.1) is 17.6 Å². The first-order valence-electron chi connectivity index (χ1n) is 12.8. The van der Waals surface area contributed by atoms with Crippen molar-refractivity contribution < 1.29 is 13.3 Å². The van der Waals surface area contributed by atoms with Gasteiger partial charge in [0.15, 0.2) is 23.3 Å². The Morgan fingerprint density at radius 3 is 2.54 bits per heavy atom. The molecule has 0 amide bonds. The Kier molecular flexibility index (Phi) is 6.98. The molecule has 4 heterocycles. The van der Waals surface area contributed by atoms with Gasteiger partial charge in [0, 0.05) is 11.6 Å². The number of anilines is 1. The molecule has 13 heteroatoms. The number of benzene rings is 2. The van der Waals surface area contributed by atoms with E-state index in [1.807, 2.05) is 50.2 Å². The van der Waals surface area contributed by atoms with E-state index in [0.29, 0.717) is 28.5 Å². The summed E-state index contributed by atoms with van der Waals surface area (Å²) in [4.78, 5) is 8.57. The number of tetrazole rings is 1. The van der Waals surface area contributed by atoms with Crippen molar-refractivity contribution in [2.24, 2.45) is 5.92 Å². The lowest BCUT2D eigenvalue weighted by Crippen LogP contribution is -2.20. The molecule has 0 spiro atoms. The van der Waals surface area contributed by atoms with Crippen LogP contribution in [0.3, 0.4) is 0 Å². The monoisotopic (exact) mass is 554 g/mol. The molecular formula is C28H24F2N10O. The van der Waals surface area contributed by atoms with E-state index in [1.54, 1.807) is 22.9 Å². The van der Waals surface area contributed by atoms with Gasteiger partial charge in [-0.15, -0.1) is 5.10 Å². The van der Waals surface area contributed by atoms with Crippen molar-refractivity contribution in [1.82, 2.24) is 45.5 Å². The second kappa shape index (κ2) is 11.0. The minimum atomic E-state index is -0.649. The summed E-state index contributed by atoms with van der Waals surface area (Å²) in [5, 5.41) is 25.6. The summed E-state index contributed by atoms with van der Waals surface area (Å²) in [6.45, 7) is 3.98. The van der Waals surface area contributed by atoms with E-state index in [1.165, 1.54) is 12.3 Å². The first-order chi connectivity index (χ1) is 20.0. The van der Waals surface area contributed by atoms with Crippen LogP contribution in [0.25, 0.3) is 34.0 Å². The molecule has 6 rings (SSSR count). The molecule has 2 N–H and O–H groups in total. The maximum Gasteiger partial charge on any atom is 0.183 e. The maximum atomic E-state index is 15.3.